The van der Waals surface area contributed by atoms with Crippen LogP contribution < -0.4 is 10.6 Å². The first-order chi connectivity index (χ1) is 9.64. The molecule has 2 aliphatic heterocycles. The molecule has 1 amide bonds. The summed E-state index contributed by atoms with van der Waals surface area (Å²) < 4.78 is 14.1. The third-order valence-corrected chi connectivity index (χ3v) is 4.11. The summed E-state index contributed by atoms with van der Waals surface area (Å²) in [5.74, 6) is -0.0561. The van der Waals surface area contributed by atoms with Gasteiger partial charge in [0, 0.05) is 0 Å². The summed E-state index contributed by atoms with van der Waals surface area (Å²) in [6, 6.07) is 5.09. The van der Waals surface area contributed by atoms with Gasteiger partial charge in [-0.15, -0.1) is 0 Å². The van der Waals surface area contributed by atoms with E-state index in [-0.39, 0.29) is 11.7 Å². The van der Waals surface area contributed by atoms with Gasteiger partial charge in [-0.2, -0.15) is 0 Å². The first-order valence-corrected chi connectivity index (χ1v) is 7.05. The summed E-state index contributed by atoms with van der Waals surface area (Å²) in [6.07, 6.45) is 2.11. The molecule has 1 aromatic carbocycles. The van der Waals surface area contributed by atoms with Crippen LogP contribution in [0.1, 0.15) is 30.9 Å². The van der Waals surface area contributed by atoms with Crippen LogP contribution in [-0.2, 0) is 11.2 Å². The van der Waals surface area contributed by atoms with E-state index in [2.05, 4.69) is 15.6 Å². The number of aryl methyl sites for hydroxylation is 1. The fraction of sp³-hybridized carbons (Fsp3) is 0.467. The maximum atomic E-state index is 14.1. The molecule has 0 unspecified atom stereocenters. The average molecular weight is 275 g/mol. The minimum Gasteiger partial charge on any atom is -0.317 e. The van der Waals surface area contributed by atoms with Gasteiger partial charge < -0.3 is 10.6 Å². The number of hydrogen-bond acceptors (Lipinski definition) is 3. The third kappa shape index (κ3) is 2.12. The summed E-state index contributed by atoms with van der Waals surface area (Å²) in [4.78, 5) is 16.7. The van der Waals surface area contributed by atoms with Crippen molar-refractivity contribution in [3.8, 4) is 0 Å². The molecule has 0 aliphatic carbocycles. The number of halogens is 1. The van der Waals surface area contributed by atoms with E-state index in [1.165, 1.54) is 6.07 Å². The van der Waals surface area contributed by atoms with Crippen LogP contribution in [-0.4, -0.2) is 30.4 Å². The number of amidine groups is 1. The van der Waals surface area contributed by atoms with Crippen LogP contribution in [0.25, 0.3) is 0 Å². The molecular formula is C15H18FN3O. The number of nitrogens with zero attached hydrogens (tertiary/aromatic N) is 1. The highest BCUT2D eigenvalue weighted by atomic mass is 19.1. The van der Waals surface area contributed by atoms with Gasteiger partial charge in [-0.1, -0.05) is 13.0 Å². The summed E-state index contributed by atoms with van der Waals surface area (Å²) in [5.41, 5.74) is 0.620. The molecule has 5 heteroatoms. The fourth-order valence-electron chi connectivity index (χ4n) is 2.79. The molecule has 2 N–H and O–H groups in total. The van der Waals surface area contributed by atoms with Crippen LogP contribution in [0.3, 0.4) is 0 Å². The Kier molecular flexibility index (Phi) is 3.30. The molecule has 2 aliphatic rings. The van der Waals surface area contributed by atoms with Crippen LogP contribution in [0, 0.1) is 5.82 Å². The zero-order valence-electron chi connectivity index (χ0n) is 11.5. The SMILES string of the molecule is CCc1ccc(C2=NC3(CCNCC3)C(=O)N2)c(F)c1. The van der Waals surface area contributed by atoms with Crippen LogP contribution >= 0.6 is 0 Å². The summed E-state index contributed by atoms with van der Waals surface area (Å²) in [6.45, 7) is 3.51. The Morgan fingerprint density at radius 2 is 2.10 bits per heavy atom. The Hall–Kier alpha value is -1.75. The fourth-order valence-corrected chi connectivity index (χ4v) is 2.79. The van der Waals surface area contributed by atoms with Gasteiger partial charge in [0.15, 0.2) is 0 Å². The van der Waals surface area contributed by atoms with E-state index in [1.807, 2.05) is 13.0 Å². The molecule has 1 fully saturated rings. The molecular weight excluding hydrogens is 257 g/mol. The Bertz CT molecular complexity index is 576. The quantitative estimate of drug-likeness (QED) is 0.857. The molecule has 4 nitrogen and oxygen atoms in total. The lowest BCUT2D eigenvalue weighted by Gasteiger charge is -2.28. The number of benzene rings is 1. The van der Waals surface area contributed by atoms with Gasteiger partial charge in [-0.05, 0) is 50.0 Å². The second-order valence-corrected chi connectivity index (χ2v) is 5.36. The molecule has 0 radical (unpaired) electrons. The van der Waals surface area contributed by atoms with Crippen molar-refractivity contribution >= 4 is 11.7 Å². The number of aliphatic imine (C=N–C) groups is 1. The van der Waals surface area contributed by atoms with Crippen molar-refractivity contribution < 1.29 is 9.18 Å². The van der Waals surface area contributed by atoms with E-state index in [1.54, 1.807) is 6.07 Å². The number of rotatable bonds is 2. The van der Waals surface area contributed by atoms with E-state index in [4.69, 9.17) is 0 Å². The number of carbonyl (C=O) groups is 1. The number of amides is 1. The van der Waals surface area contributed by atoms with Gasteiger partial charge in [-0.3, -0.25) is 9.79 Å². The first kappa shape index (κ1) is 13.2. The smallest absolute Gasteiger partial charge is 0.253 e. The molecule has 0 atom stereocenters. The number of hydrogen-bond donors (Lipinski definition) is 2. The third-order valence-electron chi connectivity index (χ3n) is 4.11. The average Bonchev–Trinajstić information content (AvgIpc) is 2.76. The van der Waals surface area contributed by atoms with E-state index >= 15 is 0 Å². The van der Waals surface area contributed by atoms with Crippen LogP contribution in [0.4, 0.5) is 4.39 Å². The highest BCUT2D eigenvalue weighted by Gasteiger charge is 2.44. The second-order valence-electron chi connectivity index (χ2n) is 5.36. The molecule has 1 saturated heterocycles. The van der Waals surface area contributed by atoms with Crippen molar-refractivity contribution in [3.05, 3.63) is 35.1 Å². The van der Waals surface area contributed by atoms with Crippen molar-refractivity contribution in [1.29, 1.82) is 0 Å². The molecule has 3 rings (SSSR count). The largest absolute Gasteiger partial charge is 0.317 e. The molecule has 20 heavy (non-hydrogen) atoms. The standard InChI is InChI=1S/C15H18FN3O/c1-2-10-3-4-11(12(16)9-10)13-18-14(20)15(19-13)5-7-17-8-6-15/h3-4,9,17H,2,5-8H2,1H3,(H,18,19,20). The molecule has 0 bridgehead atoms. The highest BCUT2D eigenvalue weighted by molar-refractivity contribution is 6.15. The van der Waals surface area contributed by atoms with Gasteiger partial charge in [0.2, 0.25) is 0 Å². The second kappa shape index (κ2) is 4.98. The Labute approximate surface area is 117 Å². The minimum absolute atomic E-state index is 0.104. The lowest BCUT2D eigenvalue weighted by Crippen LogP contribution is -2.47. The van der Waals surface area contributed by atoms with Crippen molar-refractivity contribution in [3.63, 3.8) is 0 Å². The molecule has 0 aromatic heterocycles. The lowest BCUT2D eigenvalue weighted by molar-refractivity contribution is -0.124. The molecule has 1 aromatic rings. The summed E-state index contributed by atoms with van der Waals surface area (Å²) in [5, 5.41) is 5.97. The van der Waals surface area contributed by atoms with Crippen molar-refractivity contribution in [1.82, 2.24) is 10.6 Å². The minimum atomic E-state index is -0.698. The van der Waals surface area contributed by atoms with Crippen molar-refractivity contribution in [2.75, 3.05) is 13.1 Å². The maximum Gasteiger partial charge on any atom is 0.253 e. The van der Waals surface area contributed by atoms with E-state index in [0.29, 0.717) is 24.2 Å². The Morgan fingerprint density at radius 1 is 1.35 bits per heavy atom. The normalized spacial score (nSPS) is 20.9. The molecule has 0 saturated carbocycles. The van der Waals surface area contributed by atoms with Gasteiger partial charge in [0.05, 0.1) is 5.56 Å². The highest BCUT2D eigenvalue weighted by Crippen LogP contribution is 2.29. The first-order valence-electron chi connectivity index (χ1n) is 7.05. The van der Waals surface area contributed by atoms with Gasteiger partial charge in [0.25, 0.3) is 5.91 Å². The Morgan fingerprint density at radius 3 is 2.75 bits per heavy atom. The molecule has 106 valence electrons. The van der Waals surface area contributed by atoms with E-state index in [9.17, 15) is 9.18 Å². The van der Waals surface area contributed by atoms with E-state index in [0.717, 1.165) is 25.1 Å². The summed E-state index contributed by atoms with van der Waals surface area (Å²) in [7, 11) is 0. The monoisotopic (exact) mass is 275 g/mol. The number of piperidine rings is 1. The van der Waals surface area contributed by atoms with Gasteiger partial charge in [0.1, 0.15) is 17.2 Å². The zero-order chi connectivity index (χ0) is 14.2. The predicted octanol–water partition coefficient (Wildman–Crippen LogP) is 1.39. The number of nitrogens with one attached hydrogen (secondary N) is 2. The van der Waals surface area contributed by atoms with Gasteiger partial charge in [-0.25, -0.2) is 4.39 Å². The lowest BCUT2D eigenvalue weighted by atomic mass is 9.89. The van der Waals surface area contributed by atoms with Crippen molar-refractivity contribution in [2.24, 2.45) is 4.99 Å². The van der Waals surface area contributed by atoms with Gasteiger partial charge >= 0.3 is 0 Å². The molecule has 2 heterocycles. The van der Waals surface area contributed by atoms with Crippen molar-refractivity contribution in [2.45, 2.75) is 31.7 Å². The topological polar surface area (TPSA) is 53.5 Å². The van der Waals surface area contributed by atoms with E-state index < -0.39 is 5.54 Å². The van der Waals surface area contributed by atoms with Crippen LogP contribution in [0.2, 0.25) is 0 Å². The Balaban J connectivity index is 1.95. The van der Waals surface area contributed by atoms with Crippen LogP contribution in [0.5, 0.6) is 0 Å². The number of carbonyl (C=O) groups excluding carboxylic acids is 1. The predicted molar refractivity (Wildman–Crippen MR) is 75.3 cm³/mol. The summed E-state index contributed by atoms with van der Waals surface area (Å²) >= 11 is 0. The molecule has 1 spiro atoms. The zero-order valence-corrected chi connectivity index (χ0v) is 11.5. The van der Waals surface area contributed by atoms with Crippen LogP contribution in [0.15, 0.2) is 23.2 Å². The maximum absolute atomic E-state index is 14.1.